The fourth-order valence-corrected chi connectivity index (χ4v) is 1.01. The summed E-state index contributed by atoms with van der Waals surface area (Å²) in [5.74, 6) is 0.211. The summed E-state index contributed by atoms with van der Waals surface area (Å²) in [6.07, 6.45) is 10.8. The van der Waals surface area contributed by atoms with Crippen molar-refractivity contribution in [2.45, 2.75) is 0 Å². The molecule has 0 aromatic carbocycles. The fourth-order valence-electron chi connectivity index (χ4n) is 1.01. The quantitative estimate of drug-likeness (QED) is 0.491. The summed E-state index contributed by atoms with van der Waals surface area (Å²) >= 11 is 0. The lowest BCUT2D eigenvalue weighted by molar-refractivity contribution is 1.01. The molecule has 2 aliphatic heterocycles. The summed E-state index contributed by atoms with van der Waals surface area (Å²) < 4.78 is 0. The highest BCUT2D eigenvalue weighted by Crippen LogP contribution is 2.15. The van der Waals surface area contributed by atoms with E-state index in [2.05, 4.69) is 15.0 Å². The zero-order chi connectivity index (χ0) is 7.52. The molecule has 0 aromatic heterocycles. The first kappa shape index (κ1) is 6.22. The molecule has 2 aliphatic rings. The SMILES string of the molecule is C1=CC2C=NC=NC2=CC=N1. The van der Waals surface area contributed by atoms with Gasteiger partial charge in [0.25, 0.3) is 0 Å². The first-order valence-electron chi connectivity index (χ1n) is 3.43. The van der Waals surface area contributed by atoms with Gasteiger partial charge in [-0.15, -0.1) is 0 Å². The molecule has 0 aliphatic carbocycles. The van der Waals surface area contributed by atoms with Crippen LogP contribution >= 0.6 is 0 Å². The van der Waals surface area contributed by atoms with Crippen LogP contribution in [0.5, 0.6) is 0 Å². The van der Waals surface area contributed by atoms with Crippen molar-refractivity contribution in [1.29, 1.82) is 0 Å². The van der Waals surface area contributed by atoms with E-state index < -0.39 is 0 Å². The Morgan fingerprint density at radius 3 is 3.27 bits per heavy atom. The van der Waals surface area contributed by atoms with Crippen molar-refractivity contribution in [3.8, 4) is 0 Å². The maximum atomic E-state index is 4.11. The lowest BCUT2D eigenvalue weighted by Crippen LogP contribution is -2.04. The maximum Gasteiger partial charge on any atom is 0.115 e. The molecule has 0 bridgehead atoms. The van der Waals surface area contributed by atoms with Gasteiger partial charge in [-0.1, -0.05) is 6.08 Å². The van der Waals surface area contributed by atoms with E-state index in [9.17, 15) is 0 Å². The fraction of sp³-hybridized carbons (Fsp3) is 0.125. The second-order valence-corrected chi connectivity index (χ2v) is 2.30. The third-order valence-electron chi connectivity index (χ3n) is 1.57. The van der Waals surface area contributed by atoms with Crippen LogP contribution in [0.15, 0.2) is 39.0 Å². The molecule has 0 spiro atoms. The molecule has 11 heavy (non-hydrogen) atoms. The number of hydrogen-bond acceptors (Lipinski definition) is 3. The average molecular weight is 145 g/mol. The minimum atomic E-state index is 0.211. The molecule has 2 rings (SSSR count). The number of aliphatic imine (C=N–C) groups is 3. The van der Waals surface area contributed by atoms with E-state index in [-0.39, 0.29) is 5.92 Å². The van der Waals surface area contributed by atoms with E-state index >= 15 is 0 Å². The van der Waals surface area contributed by atoms with Crippen molar-refractivity contribution in [3.05, 3.63) is 24.0 Å². The molecule has 0 aromatic rings. The smallest absolute Gasteiger partial charge is 0.115 e. The van der Waals surface area contributed by atoms with Crippen LogP contribution in [-0.2, 0) is 0 Å². The number of allylic oxidation sites excluding steroid dienone is 2. The molecule has 0 saturated heterocycles. The molecular weight excluding hydrogens is 138 g/mol. The van der Waals surface area contributed by atoms with Gasteiger partial charge in [0.05, 0.1) is 11.6 Å². The van der Waals surface area contributed by atoms with E-state index in [1.165, 1.54) is 0 Å². The Hall–Kier alpha value is -1.51. The highest BCUT2D eigenvalue weighted by molar-refractivity contribution is 5.85. The first-order chi connectivity index (χ1) is 5.47. The predicted octanol–water partition coefficient (Wildman–Crippen LogP) is 1.20. The Labute approximate surface area is 64.6 Å². The standard InChI is InChI=1S/C8H7N3/c1-3-9-4-2-8-7(1)5-10-6-11-8/h1-7H. The monoisotopic (exact) mass is 145 g/mol. The van der Waals surface area contributed by atoms with Gasteiger partial charge in [0.1, 0.15) is 6.34 Å². The summed E-state index contributed by atoms with van der Waals surface area (Å²) in [6.45, 7) is 0. The molecule has 2 heterocycles. The summed E-state index contributed by atoms with van der Waals surface area (Å²) in [7, 11) is 0. The van der Waals surface area contributed by atoms with Crippen LogP contribution in [-0.4, -0.2) is 18.8 Å². The van der Waals surface area contributed by atoms with Crippen LogP contribution in [0.3, 0.4) is 0 Å². The Morgan fingerprint density at radius 2 is 2.27 bits per heavy atom. The van der Waals surface area contributed by atoms with Crippen LogP contribution in [0.2, 0.25) is 0 Å². The van der Waals surface area contributed by atoms with Crippen LogP contribution in [0, 0.1) is 5.92 Å². The average Bonchev–Trinajstić information content (AvgIpc) is 2.28. The summed E-state index contributed by atoms with van der Waals surface area (Å²) in [5.41, 5.74) is 0.998. The van der Waals surface area contributed by atoms with Crippen LogP contribution in [0.1, 0.15) is 0 Å². The van der Waals surface area contributed by atoms with E-state index in [4.69, 9.17) is 0 Å². The first-order valence-corrected chi connectivity index (χ1v) is 3.43. The Kier molecular flexibility index (Phi) is 1.48. The van der Waals surface area contributed by atoms with Crippen molar-refractivity contribution in [2.24, 2.45) is 20.9 Å². The lowest BCUT2D eigenvalue weighted by atomic mass is 10.1. The van der Waals surface area contributed by atoms with Crippen molar-refractivity contribution in [3.63, 3.8) is 0 Å². The van der Waals surface area contributed by atoms with Crippen LogP contribution in [0.25, 0.3) is 0 Å². The number of nitrogens with zero attached hydrogens (tertiary/aromatic N) is 3. The summed E-state index contributed by atoms with van der Waals surface area (Å²) in [4.78, 5) is 12.0. The van der Waals surface area contributed by atoms with E-state index in [0.717, 1.165) is 5.70 Å². The topological polar surface area (TPSA) is 37.1 Å². The van der Waals surface area contributed by atoms with Crippen LogP contribution in [0.4, 0.5) is 0 Å². The van der Waals surface area contributed by atoms with Gasteiger partial charge in [0.15, 0.2) is 0 Å². The highest BCUT2D eigenvalue weighted by Gasteiger charge is 2.09. The zero-order valence-corrected chi connectivity index (χ0v) is 5.88. The molecule has 3 nitrogen and oxygen atoms in total. The van der Waals surface area contributed by atoms with Crippen molar-refractivity contribution >= 4 is 18.8 Å². The van der Waals surface area contributed by atoms with Crippen LogP contribution < -0.4 is 0 Å². The third-order valence-corrected chi connectivity index (χ3v) is 1.57. The van der Waals surface area contributed by atoms with Gasteiger partial charge in [-0.25, -0.2) is 9.98 Å². The maximum absolute atomic E-state index is 4.11. The number of fused-ring (bicyclic) bond motifs is 1. The largest absolute Gasteiger partial charge is 0.265 e. The second kappa shape index (κ2) is 2.62. The number of hydrogen-bond donors (Lipinski definition) is 0. The Morgan fingerprint density at radius 1 is 1.27 bits per heavy atom. The molecule has 54 valence electrons. The Balaban J connectivity index is 2.39. The van der Waals surface area contributed by atoms with Gasteiger partial charge < -0.3 is 0 Å². The summed E-state index contributed by atoms with van der Waals surface area (Å²) in [5, 5.41) is 0. The third kappa shape index (κ3) is 1.17. The van der Waals surface area contributed by atoms with Crippen molar-refractivity contribution < 1.29 is 0 Å². The van der Waals surface area contributed by atoms with Gasteiger partial charge in [0.2, 0.25) is 0 Å². The predicted molar refractivity (Wildman–Crippen MR) is 46.2 cm³/mol. The minimum absolute atomic E-state index is 0.211. The van der Waals surface area contributed by atoms with E-state index in [0.29, 0.717) is 0 Å². The van der Waals surface area contributed by atoms with Gasteiger partial charge in [0, 0.05) is 18.6 Å². The molecule has 0 amide bonds. The van der Waals surface area contributed by atoms with Gasteiger partial charge >= 0.3 is 0 Å². The van der Waals surface area contributed by atoms with Gasteiger partial charge in [-0.3, -0.25) is 4.99 Å². The van der Waals surface area contributed by atoms with Gasteiger partial charge in [-0.2, -0.15) is 0 Å². The van der Waals surface area contributed by atoms with Crippen molar-refractivity contribution in [1.82, 2.24) is 0 Å². The highest BCUT2D eigenvalue weighted by atomic mass is 14.9. The molecule has 0 N–H and O–H groups in total. The molecule has 1 atom stereocenters. The molecule has 0 radical (unpaired) electrons. The minimum Gasteiger partial charge on any atom is -0.265 e. The van der Waals surface area contributed by atoms with E-state index in [1.807, 2.05) is 18.4 Å². The molecule has 3 heteroatoms. The summed E-state index contributed by atoms with van der Waals surface area (Å²) in [6, 6.07) is 0. The molecule has 0 fully saturated rings. The van der Waals surface area contributed by atoms with Crippen molar-refractivity contribution in [2.75, 3.05) is 0 Å². The molecular formula is C8H7N3. The zero-order valence-electron chi connectivity index (χ0n) is 5.88. The van der Waals surface area contributed by atoms with E-state index in [1.54, 1.807) is 18.8 Å². The lowest BCUT2D eigenvalue weighted by Gasteiger charge is -2.07. The number of rotatable bonds is 0. The normalized spacial score (nSPS) is 26.2. The van der Waals surface area contributed by atoms with Gasteiger partial charge in [-0.05, 0) is 6.08 Å². The second-order valence-electron chi connectivity index (χ2n) is 2.30. The Bertz CT molecular complexity index is 294. The molecule has 0 saturated carbocycles. The molecule has 1 unspecified atom stereocenters.